The van der Waals surface area contributed by atoms with E-state index in [1.54, 1.807) is 6.20 Å². The first kappa shape index (κ1) is 13.5. The van der Waals surface area contributed by atoms with E-state index >= 15 is 0 Å². The number of nitrogens with zero attached hydrogens (tertiary/aromatic N) is 2. The number of aromatic nitrogens is 1. The minimum atomic E-state index is -0.790. The molecule has 1 atom stereocenters. The van der Waals surface area contributed by atoms with Crippen LogP contribution in [0.5, 0.6) is 0 Å². The average molecular weight is 276 g/mol. The van der Waals surface area contributed by atoms with E-state index in [0.29, 0.717) is 6.54 Å². The third kappa shape index (κ3) is 3.54. The molecular formula is C14H16N2O2S. The number of aliphatic carboxylic acids is 1. The molecule has 0 saturated heterocycles. The summed E-state index contributed by atoms with van der Waals surface area (Å²) in [4.78, 5) is 17.1. The zero-order valence-electron chi connectivity index (χ0n) is 10.7. The van der Waals surface area contributed by atoms with Crippen LogP contribution in [0.1, 0.15) is 24.9 Å². The number of carboxylic acids is 1. The SMILES string of the molecule is CC(c1ccccc1)N(CCC(=O)O)c1nccs1. The van der Waals surface area contributed by atoms with E-state index in [1.807, 2.05) is 40.6 Å². The molecule has 1 aromatic carbocycles. The molecule has 2 aromatic rings. The fourth-order valence-electron chi connectivity index (χ4n) is 1.94. The van der Waals surface area contributed by atoms with Crippen molar-refractivity contribution in [3.05, 3.63) is 47.5 Å². The first-order valence-corrected chi connectivity index (χ1v) is 6.99. The number of carboxylic acid groups (broad SMARTS) is 1. The maximum Gasteiger partial charge on any atom is 0.305 e. The van der Waals surface area contributed by atoms with Crippen molar-refractivity contribution in [2.75, 3.05) is 11.4 Å². The number of anilines is 1. The molecule has 1 aromatic heterocycles. The highest BCUT2D eigenvalue weighted by Gasteiger charge is 2.19. The van der Waals surface area contributed by atoms with Gasteiger partial charge in [0.1, 0.15) is 0 Å². The van der Waals surface area contributed by atoms with Crippen molar-refractivity contribution in [2.45, 2.75) is 19.4 Å². The molecule has 0 saturated carbocycles. The van der Waals surface area contributed by atoms with Crippen molar-refractivity contribution in [3.8, 4) is 0 Å². The minimum absolute atomic E-state index is 0.103. The first-order chi connectivity index (χ1) is 9.18. The van der Waals surface area contributed by atoms with Gasteiger partial charge in [-0.2, -0.15) is 0 Å². The van der Waals surface area contributed by atoms with Crippen LogP contribution in [0.3, 0.4) is 0 Å². The van der Waals surface area contributed by atoms with Gasteiger partial charge in [0.2, 0.25) is 0 Å². The molecule has 1 unspecified atom stereocenters. The lowest BCUT2D eigenvalue weighted by molar-refractivity contribution is -0.136. The Hall–Kier alpha value is -1.88. The van der Waals surface area contributed by atoms with Gasteiger partial charge in [0, 0.05) is 18.1 Å². The fraction of sp³-hybridized carbons (Fsp3) is 0.286. The van der Waals surface area contributed by atoms with Crippen LogP contribution in [0.15, 0.2) is 41.9 Å². The van der Waals surface area contributed by atoms with Crippen LogP contribution in [0.25, 0.3) is 0 Å². The second-order valence-corrected chi connectivity index (χ2v) is 5.11. The zero-order chi connectivity index (χ0) is 13.7. The molecule has 0 aliphatic heterocycles. The van der Waals surface area contributed by atoms with Crippen molar-refractivity contribution >= 4 is 22.4 Å². The molecule has 0 aliphatic rings. The van der Waals surface area contributed by atoms with E-state index in [0.717, 1.165) is 10.7 Å². The largest absolute Gasteiger partial charge is 0.481 e. The lowest BCUT2D eigenvalue weighted by Crippen LogP contribution is -2.29. The minimum Gasteiger partial charge on any atom is -0.481 e. The maximum atomic E-state index is 10.8. The maximum absolute atomic E-state index is 10.8. The Bertz CT molecular complexity index is 514. The van der Waals surface area contributed by atoms with Crippen LogP contribution in [0.2, 0.25) is 0 Å². The molecule has 0 radical (unpaired) electrons. The van der Waals surface area contributed by atoms with Gasteiger partial charge in [-0.1, -0.05) is 30.3 Å². The molecule has 1 heterocycles. The second kappa shape index (κ2) is 6.33. The van der Waals surface area contributed by atoms with Crippen LogP contribution >= 0.6 is 11.3 Å². The Morgan fingerprint density at radius 3 is 2.74 bits per heavy atom. The number of benzene rings is 1. The smallest absolute Gasteiger partial charge is 0.305 e. The molecule has 100 valence electrons. The molecule has 0 spiro atoms. The molecule has 0 fully saturated rings. The topological polar surface area (TPSA) is 53.4 Å². The normalized spacial score (nSPS) is 12.1. The molecule has 0 bridgehead atoms. The number of hydrogen-bond donors (Lipinski definition) is 1. The third-order valence-corrected chi connectivity index (χ3v) is 3.79. The number of thiazole rings is 1. The summed E-state index contributed by atoms with van der Waals surface area (Å²) >= 11 is 1.53. The van der Waals surface area contributed by atoms with Gasteiger partial charge in [-0.3, -0.25) is 4.79 Å². The number of carbonyl (C=O) groups is 1. The Labute approximate surface area is 116 Å². The molecule has 19 heavy (non-hydrogen) atoms. The van der Waals surface area contributed by atoms with Crippen LogP contribution < -0.4 is 4.90 Å². The van der Waals surface area contributed by atoms with E-state index in [9.17, 15) is 4.79 Å². The van der Waals surface area contributed by atoms with Crippen molar-refractivity contribution in [1.29, 1.82) is 0 Å². The van der Waals surface area contributed by atoms with E-state index in [1.165, 1.54) is 11.3 Å². The molecule has 4 nitrogen and oxygen atoms in total. The van der Waals surface area contributed by atoms with Gasteiger partial charge in [-0.25, -0.2) is 4.98 Å². The molecule has 2 rings (SSSR count). The van der Waals surface area contributed by atoms with Gasteiger partial charge in [0.05, 0.1) is 12.5 Å². The Kier molecular flexibility index (Phi) is 4.52. The van der Waals surface area contributed by atoms with E-state index in [2.05, 4.69) is 11.9 Å². The fourth-order valence-corrected chi connectivity index (χ4v) is 2.69. The quantitative estimate of drug-likeness (QED) is 0.880. The van der Waals surface area contributed by atoms with Crippen LogP contribution in [0.4, 0.5) is 5.13 Å². The second-order valence-electron chi connectivity index (χ2n) is 4.24. The van der Waals surface area contributed by atoms with Gasteiger partial charge in [-0.15, -0.1) is 11.3 Å². The molecule has 1 N–H and O–H groups in total. The van der Waals surface area contributed by atoms with Gasteiger partial charge >= 0.3 is 5.97 Å². The molecule has 5 heteroatoms. The van der Waals surface area contributed by atoms with Crippen molar-refractivity contribution in [3.63, 3.8) is 0 Å². The Morgan fingerprint density at radius 2 is 2.16 bits per heavy atom. The van der Waals surface area contributed by atoms with Gasteiger partial charge < -0.3 is 10.0 Å². The highest BCUT2D eigenvalue weighted by atomic mass is 32.1. The molecule has 0 amide bonds. The van der Waals surface area contributed by atoms with Gasteiger partial charge in [0.15, 0.2) is 5.13 Å². The summed E-state index contributed by atoms with van der Waals surface area (Å²) in [5.41, 5.74) is 1.16. The highest BCUT2D eigenvalue weighted by molar-refractivity contribution is 7.13. The number of rotatable bonds is 6. The van der Waals surface area contributed by atoms with Gasteiger partial charge in [-0.05, 0) is 12.5 Å². The summed E-state index contributed by atoms with van der Waals surface area (Å²) in [6, 6.07) is 10.2. The summed E-state index contributed by atoms with van der Waals surface area (Å²) in [5, 5.41) is 11.6. The predicted molar refractivity (Wildman–Crippen MR) is 76.6 cm³/mol. The van der Waals surface area contributed by atoms with Crippen molar-refractivity contribution in [1.82, 2.24) is 4.98 Å². The lowest BCUT2D eigenvalue weighted by atomic mass is 10.1. The van der Waals surface area contributed by atoms with Gasteiger partial charge in [0.25, 0.3) is 0 Å². The average Bonchev–Trinajstić information content (AvgIpc) is 2.93. The van der Waals surface area contributed by atoms with Crippen LogP contribution in [-0.2, 0) is 4.79 Å². The lowest BCUT2D eigenvalue weighted by Gasteiger charge is -2.28. The predicted octanol–water partition coefficient (Wildman–Crippen LogP) is 3.19. The van der Waals surface area contributed by atoms with Crippen molar-refractivity contribution in [2.24, 2.45) is 0 Å². The summed E-state index contributed by atoms with van der Waals surface area (Å²) in [6.45, 7) is 2.53. The summed E-state index contributed by atoms with van der Waals surface area (Å²) < 4.78 is 0. The molecular weight excluding hydrogens is 260 g/mol. The van der Waals surface area contributed by atoms with E-state index in [-0.39, 0.29) is 12.5 Å². The summed E-state index contributed by atoms with van der Waals surface area (Å²) in [5.74, 6) is -0.790. The zero-order valence-corrected chi connectivity index (χ0v) is 11.5. The van der Waals surface area contributed by atoms with E-state index < -0.39 is 5.97 Å². The molecule has 0 aliphatic carbocycles. The van der Waals surface area contributed by atoms with Crippen molar-refractivity contribution < 1.29 is 9.90 Å². The summed E-state index contributed by atoms with van der Waals surface area (Å²) in [7, 11) is 0. The third-order valence-electron chi connectivity index (χ3n) is 2.98. The highest BCUT2D eigenvalue weighted by Crippen LogP contribution is 2.28. The first-order valence-electron chi connectivity index (χ1n) is 6.11. The Balaban J connectivity index is 2.19. The van der Waals surface area contributed by atoms with Crippen LogP contribution in [0, 0.1) is 0 Å². The van der Waals surface area contributed by atoms with Crippen LogP contribution in [-0.4, -0.2) is 22.6 Å². The van der Waals surface area contributed by atoms with E-state index in [4.69, 9.17) is 5.11 Å². The standard InChI is InChI=1S/C14H16N2O2S/c1-11(12-5-3-2-4-6-12)16(9-7-13(17)18)14-15-8-10-19-14/h2-6,8,10-11H,7,9H2,1H3,(H,17,18). The summed E-state index contributed by atoms with van der Waals surface area (Å²) in [6.07, 6.45) is 1.85. The number of hydrogen-bond acceptors (Lipinski definition) is 4. The Morgan fingerprint density at radius 1 is 1.42 bits per heavy atom. The monoisotopic (exact) mass is 276 g/mol.